The van der Waals surface area contributed by atoms with E-state index in [-0.39, 0.29) is 6.03 Å². The number of unbranched alkanes of at least 4 members (excludes halogenated alkanes) is 1. The maximum absolute atomic E-state index is 12.6. The summed E-state index contributed by atoms with van der Waals surface area (Å²) in [6, 6.07) is 5.87. The van der Waals surface area contributed by atoms with Gasteiger partial charge in [0.1, 0.15) is 5.82 Å². The Kier molecular flexibility index (Phi) is 3.17. The number of urea groups is 1. The number of likely N-dealkylation sites (tertiary alicyclic amines) is 1. The van der Waals surface area contributed by atoms with Crippen molar-refractivity contribution in [2.24, 2.45) is 5.41 Å². The van der Waals surface area contributed by atoms with Gasteiger partial charge in [0, 0.05) is 31.2 Å². The molecule has 1 spiro atoms. The molecule has 0 aromatic carbocycles. The highest BCUT2D eigenvalue weighted by molar-refractivity contribution is 5.91. The van der Waals surface area contributed by atoms with Gasteiger partial charge in [0.05, 0.1) is 0 Å². The summed E-state index contributed by atoms with van der Waals surface area (Å²) in [5.74, 6) is 0.776. The third-order valence-electron chi connectivity index (χ3n) is 4.17. The number of aromatic nitrogens is 1. The van der Waals surface area contributed by atoms with E-state index in [1.165, 1.54) is 12.8 Å². The lowest BCUT2D eigenvalue weighted by Gasteiger charge is -2.42. The van der Waals surface area contributed by atoms with Crippen LogP contribution in [-0.2, 0) is 0 Å². The van der Waals surface area contributed by atoms with E-state index in [0.717, 1.165) is 38.3 Å². The number of hydrogen-bond donors (Lipinski definition) is 0. The van der Waals surface area contributed by atoms with Crippen LogP contribution in [0.5, 0.6) is 0 Å². The van der Waals surface area contributed by atoms with Crippen LogP contribution in [0, 0.1) is 5.41 Å². The number of amides is 2. The van der Waals surface area contributed by atoms with E-state index in [2.05, 4.69) is 11.9 Å². The summed E-state index contributed by atoms with van der Waals surface area (Å²) in [4.78, 5) is 20.7. The summed E-state index contributed by atoms with van der Waals surface area (Å²) in [6.07, 6.45) is 6.45. The topological polar surface area (TPSA) is 36.4 Å². The lowest BCUT2D eigenvalue weighted by Crippen LogP contribution is -2.56. The summed E-state index contributed by atoms with van der Waals surface area (Å²) in [5.41, 5.74) is 0.510. The van der Waals surface area contributed by atoms with Crippen molar-refractivity contribution in [2.45, 2.75) is 32.6 Å². The van der Waals surface area contributed by atoms with Crippen LogP contribution in [0.1, 0.15) is 32.6 Å². The number of hydrogen-bond acceptors (Lipinski definition) is 2. The zero-order valence-electron chi connectivity index (χ0n) is 11.5. The molecule has 1 aliphatic carbocycles. The van der Waals surface area contributed by atoms with E-state index in [0.29, 0.717) is 5.41 Å². The summed E-state index contributed by atoms with van der Waals surface area (Å²) in [6.45, 7) is 4.79. The molecular weight excluding hydrogens is 238 g/mol. The molecule has 1 aromatic heterocycles. The summed E-state index contributed by atoms with van der Waals surface area (Å²) in [7, 11) is 0. The van der Waals surface area contributed by atoms with Gasteiger partial charge in [-0.3, -0.25) is 4.90 Å². The fourth-order valence-electron chi connectivity index (χ4n) is 2.70. The normalized spacial score (nSPS) is 19.1. The molecule has 3 rings (SSSR count). The molecule has 4 heteroatoms. The predicted octanol–water partition coefficient (Wildman–Crippen LogP) is 2.90. The second kappa shape index (κ2) is 4.83. The van der Waals surface area contributed by atoms with Crippen molar-refractivity contribution in [3.05, 3.63) is 24.4 Å². The fraction of sp³-hybridized carbons (Fsp3) is 0.600. The molecule has 2 fully saturated rings. The summed E-state index contributed by atoms with van der Waals surface area (Å²) in [5, 5.41) is 0. The number of rotatable bonds is 4. The van der Waals surface area contributed by atoms with Crippen LogP contribution in [0.15, 0.2) is 24.4 Å². The molecule has 1 aliphatic heterocycles. The molecule has 2 amide bonds. The van der Waals surface area contributed by atoms with Crippen molar-refractivity contribution < 1.29 is 4.79 Å². The standard InChI is InChI=1S/C15H21N3O/c1-2-3-10-18(13-6-4-5-9-16-13)14(19)17-11-15(12-17)7-8-15/h4-6,9H,2-3,7-8,10-12H2,1H3. The second-order valence-electron chi connectivity index (χ2n) is 5.83. The molecule has 102 valence electrons. The number of carbonyl (C=O) groups excluding carboxylic acids is 1. The molecule has 0 atom stereocenters. The van der Waals surface area contributed by atoms with E-state index in [1.54, 1.807) is 6.20 Å². The second-order valence-corrected chi connectivity index (χ2v) is 5.83. The smallest absolute Gasteiger partial charge is 0.323 e. The minimum atomic E-state index is 0.129. The Morgan fingerprint density at radius 3 is 2.79 bits per heavy atom. The molecule has 2 heterocycles. The van der Waals surface area contributed by atoms with Crippen LogP contribution < -0.4 is 4.90 Å². The Bertz CT molecular complexity index is 448. The van der Waals surface area contributed by atoms with Crippen LogP contribution in [0.4, 0.5) is 10.6 Å². The third kappa shape index (κ3) is 2.44. The first kappa shape index (κ1) is 12.5. The molecule has 1 aromatic rings. The highest BCUT2D eigenvalue weighted by Gasteiger charge is 2.54. The first-order valence-electron chi connectivity index (χ1n) is 7.22. The minimum Gasteiger partial charge on any atom is -0.323 e. The molecular formula is C15H21N3O. The fourth-order valence-corrected chi connectivity index (χ4v) is 2.70. The molecule has 1 saturated heterocycles. The van der Waals surface area contributed by atoms with Crippen molar-refractivity contribution in [1.82, 2.24) is 9.88 Å². The van der Waals surface area contributed by atoms with E-state index in [1.807, 2.05) is 28.0 Å². The first-order valence-corrected chi connectivity index (χ1v) is 7.22. The van der Waals surface area contributed by atoms with E-state index >= 15 is 0 Å². The Morgan fingerprint density at radius 2 is 2.21 bits per heavy atom. The number of pyridine rings is 1. The monoisotopic (exact) mass is 259 g/mol. The van der Waals surface area contributed by atoms with Crippen LogP contribution in [0.3, 0.4) is 0 Å². The van der Waals surface area contributed by atoms with Crippen LogP contribution in [0.2, 0.25) is 0 Å². The van der Waals surface area contributed by atoms with Gasteiger partial charge in [-0.1, -0.05) is 19.4 Å². The Labute approximate surface area is 114 Å². The van der Waals surface area contributed by atoms with Gasteiger partial charge in [0.25, 0.3) is 0 Å². The third-order valence-corrected chi connectivity index (χ3v) is 4.17. The first-order chi connectivity index (χ1) is 9.24. The highest BCUT2D eigenvalue weighted by Crippen LogP contribution is 2.53. The molecule has 0 radical (unpaired) electrons. The Balaban J connectivity index is 1.69. The van der Waals surface area contributed by atoms with Gasteiger partial charge in [-0.05, 0) is 31.4 Å². The largest absolute Gasteiger partial charge is 0.325 e. The van der Waals surface area contributed by atoms with Crippen molar-refractivity contribution in [1.29, 1.82) is 0 Å². The van der Waals surface area contributed by atoms with E-state index in [4.69, 9.17) is 0 Å². The predicted molar refractivity (Wildman–Crippen MR) is 75.1 cm³/mol. The SMILES string of the molecule is CCCCN(C(=O)N1CC2(CC2)C1)c1ccccn1. The number of anilines is 1. The van der Waals surface area contributed by atoms with Crippen molar-refractivity contribution in [3.8, 4) is 0 Å². The number of nitrogens with zero attached hydrogens (tertiary/aromatic N) is 3. The van der Waals surface area contributed by atoms with Crippen LogP contribution in [-0.4, -0.2) is 35.5 Å². The zero-order chi connectivity index (χ0) is 13.3. The van der Waals surface area contributed by atoms with Gasteiger partial charge in [-0.15, -0.1) is 0 Å². The Morgan fingerprint density at radius 1 is 1.42 bits per heavy atom. The van der Waals surface area contributed by atoms with Gasteiger partial charge < -0.3 is 4.90 Å². The van der Waals surface area contributed by atoms with Gasteiger partial charge >= 0.3 is 6.03 Å². The van der Waals surface area contributed by atoms with Crippen molar-refractivity contribution >= 4 is 11.8 Å². The highest BCUT2D eigenvalue weighted by atomic mass is 16.2. The molecule has 19 heavy (non-hydrogen) atoms. The molecule has 1 saturated carbocycles. The molecule has 0 N–H and O–H groups in total. The molecule has 0 bridgehead atoms. The lowest BCUT2D eigenvalue weighted by molar-refractivity contribution is 0.111. The summed E-state index contributed by atoms with van der Waals surface area (Å²) < 4.78 is 0. The summed E-state index contributed by atoms with van der Waals surface area (Å²) >= 11 is 0. The van der Waals surface area contributed by atoms with Crippen molar-refractivity contribution in [3.63, 3.8) is 0 Å². The zero-order valence-corrected chi connectivity index (χ0v) is 11.5. The van der Waals surface area contributed by atoms with Gasteiger partial charge in [0.2, 0.25) is 0 Å². The molecule has 2 aliphatic rings. The maximum Gasteiger partial charge on any atom is 0.325 e. The van der Waals surface area contributed by atoms with Gasteiger partial charge in [0.15, 0.2) is 0 Å². The lowest BCUT2D eigenvalue weighted by atomic mass is 9.97. The minimum absolute atomic E-state index is 0.129. The Hall–Kier alpha value is -1.58. The molecule has 0 unspecified atom stereocenters. The van der Waals surface area contributed by atoms with Gasteiger partial charge in [-0.2, -0.15) is 0 Å². The quantitative estimate of drug-likeness (QED) is 0.833. The maximum atomic E-state index is 12.6. The van der Waals surface area contributed by atoms with Gasteiger partial charge in [-0.25, -0.2) is 9.78 Å². The average molecular weight is 259 g/mol. The molecule has 4 nitrogen and oxygen atoms in total. The van der Waals surface area contributed by atoms with Crippen LogP contribution in [0.25, 0.3) is 0 Å². The van der Waals surface area contributed by atoms with E-state index < -0.39 is 0 Å². The van der Waals surface area contributed by atoms with Crippen molar-refractivity contribution in [2.75, 3.05) is 24.5 Å². The number of carbonyl (C=O) groups is 1. The average Bonchev–Trinajstić information content (AvgIpc) is 3.19. The van der Waals surface area contributed by atoms with E-state index in [9.17, 15) is 4.79 Å². The van der Waals surface area contributed by atoms with Crippen LogP contribution >= 0.6 is 0 Å².